The normalized spacial score (nSPS) is 42.0. The van der Waals surface area contributed by atoms with Crippen molar-refractivity contribution in [2.24, 2.45) is 0 Å². The van der Waals surface area contributed by atoms with Gasteiger partial charge in [0.2, 0.25) is 0 Å². The molecular formula is C7H14O4S. The predicted octanol–water partition coefficient (Wildman–Crippen LogP) is -0.557. The van der Waals surface area contributed by atoms with E-state index in [1.807, 2.05) is 6.26 Å². The third-order valence-corrected chi connectivity index (χ3v) is 2.54. The van der Waals surface area contributed by atoms with Crippen LogP contribution in [-0.4, -0.2) is 53.9 Å². The number of hydrogen-bond acceptors (Lipinski definition) is 5. The van der Waals surface area contributed by atoms with Crippen LogP contribution in [0.25, 0.3) is 0 Å². The molecule has 5 heteroatoms. The van der Waals surface area contributed by atoms with Gasteiger partial charge in [-0.25, -0.2) is 0 Å². The second-order valence-corrected chi connectivity index (χ2v) is 3.63. The van der Waals surface area contributed by atoms with E-state index < -0.39 is 18.5 Å². The second kappa shape index (κ2) is 4.43. The first-order valence-electron chi connectivity index (χ1n) is 3.74. The quantitative estimate of drug-likeness (QED) is 0.631. The summed E-state index contributed by atoms with van der Waals surface area (Å²) in [4.78, 5) is 0. The molecule has 2 N–H and O–H groups in total. The average molecular weight is 194 g/mol. The minimum Gasteiger partial charge on any atom is -0.387 e. The molecule has 0 aromatic rings. The lowest BCUT2D eigenvalue weighted by Gasteiger charge is -2.11. The average Bonchev–Trinajstić information content (AvgIpc) is 2.33. The molecule has 0 spiro atoms. The minimum absolute atomic E-state index is 0.319. The molecule has 1 aliphatic rings. The first-order valence-corrected chi connectivity index (χ1v) is 5.13. The van der Waals surface area contributed by atoms with Gasteiger partial charge in [-0.05, 0) is 6.26 Å². The van der Waals surface area contributed by atoms with E-state index in [1.165, 1.54) is 7.11 Å². The van der Waals surface area contributed by atoms with E-state index in [4.69, 9.17) is 9.47 Å². The van der Waals surface area contributed by atoms with Crippen molar-refractivity contribution in [2.75, 3.05) is 19.1 Å². The molecular weight excluding hydrogens is 180 g/mol. The summed E-state index contributed by atoms with van der Waals surface area (Å²) in [5.74, 6) is 0.665. The molecule has 1 fully saturated rings. The standard InChI is InChI=1S/C7H14O4S/c1-10-7-6(9)5(8)4(11-7)3-12-2/h4-9H,3H2,1-2H3/t4-,5-,6-,7-/m1/s1. The van der Waals surface area contributed by atoms with E-state index in [1.54, 1.807) is 11.8 Å². The van der Waals surface area contributed by atoms with Gasteiger partial charge in [0.05, 0.1) is 6.10 Å². The molecule has 0 aromatic carbocycles. The Balaban J connectivity index is 2.48. The highest BCUT2D eigenvalue weighted by Gasteiger charge is 2.42. The molecule has 4 nitrogen and oxygen atoms in total. The molecule has 72 valence electrons. The van der Waals surface area contributed by atoms with Crippen LogP contribution in [0, 0.1) is 0 Å². The predicted molar refractivity (Wildman–Crippen MR) is 46.1 cm³/mol. The first-order chi connectivity index (χ1) is 5.70. The molecule has 0 saturated carbocycles. The van der Waals surface area contributed by atoms with Crippen molar-refractivity contribution in [2.45, 2.75) is 24.6 Å². The monoisotopic (exact) mass is 194 g/mol. The number of aliphatic hydroxyl groups is 2. The van der Waals surface area contributed by atoms with Gasteiger partial charge in [-0.1, -0.05) is 0 Å². The fourth-order valence-electron chi connectivity index (χ4n) is 1.21. The maximum Gasteiger partial charge on any atom is 0.186 e. The van der Waals surface area contributed by atoms with Gasteiger partial charge in [-0.2, -0.15) is 11.8 Å². The molecule has 0 aromatic heterocycles. The molecule has 1 saturated heterocycles. The van der Waals surface area contributed by atoms with Gasteiger partial charge in [0.25, 0.3) is 0 Å². The number of thioether (sulfide) groups is 1. The highest BCUT2D eigenvalue weighted by atomic mass is 32.2. The molecule has 0 bridgehead atoms. The minimum atomic E-state index is -0.924. The Bertz CT molecular complexity index is 143. The van der Waals surface area contributed by atoms with Crippen LogP contribution in [-0.2, 0) is 9.47 Å². The highest BCUT2D eigenvalue weighted by Crippen LogP contribution is 2.23. The van der Waals surface area contributed by atoms with Gasteiger partial charge in [0, 0.05) is 12.9 Å². The molecule has 4 atom stereocenters. The van der Waals surface area contributed by atoms with Gasteiger partial charge in [-0.3, -0.25) is 0 Å². The lowest BCUT2D eigenvalue weighted by atomic mass is 10.2. The number of aliphatic hydroxyl groups excluding tert-OH is 2. The summed E-state index contributed by atoms with van der Waals surface area (Å²) in [6.45, 7) is 0. The number of hydrogen-bond donors (Lipinski definition) is 2. The van der Waals surface area contributed by atoms with Crippen molar-refractivity contribution >= 4 is 11.8 Å². The van der Waals surface area contributed by atoms with Crippen LogP contribution >= 0.6 is 11.8 Å². The van der Waals surface area contributed by atoms with E-state index in [0.29, 0.717) is 5.75 Å². The molecule has 1 rings (SSSR count). The van der Waals surface area contributed by atoms with Crippen LogP contribution in [0.4, 0.5) is 0 Å². The molecule has 0 amide bonds. The summed E-state index contributed by atoms with van der Waals surface area (Å²) in [6, 6.07) is 0. The van der Waals surface area contributed by atoms with Gasteiger partial charge < -0.3 is 19.7 Å². The number of rotatable bonds is 3. The summed E-state index contributed by atoms with van der Waals surface area (Å²) >= 11 is 1.57. The third kappa shape index (κ3) is 1.92. The zero-order chi connectivity index (χ0) is 9.14. The lowest BCUT2D eigenvalue weighted by Crippen LogP contribution is -2.33. The van der Waals surface area contributed by atoms with Gasteiger partial charge in [0.1, 0.15) is 12.2 Å². The van der Waals surface area contributed by atoms with Gasteiger partial charge >= 0.3 is 0 Å². The second-order valence-electron chi connectivity index (χ2n) is 2.72. The van der Waals surface area contributed by atoms with E-state index >= 15 is 0 Å². The van der Waals surface area contributed by atoms with Gasteiger partial charge in [-0.15, -0.1) is 0 Å². The Labute approximate surface area is 75.9 Å². The lowest BCUT2D eigenvalue weighted by molar-refractivity contribution is -0.145. The van der Waals surface area contributed by atoms with Crippen molar-refractivity contribution in [3.05, 3.63) is 0 Å². The van der Waals surface area contributed by atoms with E-state index in [2.05, 4.69) is 0 Å². The molecule has 0 radical (unpaired) electrons. The molecule has 1 aliphatic heterocycles. The zero-order valence-corrected chi connectivity index (χ0v) is 7.95. The van der Waals surface area contributed by atoms with E-state index in [9.17, 15) is 10.2 Å². The smallest absolute Gasteiger partial charge is 0.186 e. The van der Waals surface area contributed by atoms with E-state index in [0.717, 1.165) is 0 Å². The Kier molecular flexibility index (Phi) is 3.79. The molecule has 0 aliphatic carbocycles. The fourth-order valence-corrected chi connectivity index (χ4v) is 1.82. The summed E-state index contributed by atoms with van der Waals surface area (Å²) < 4.78 is 10.1. The highest BCUT2D eigenvalue weighted by molar-refractivity contribution is 7.98. The van der Waals surface area contributed by atoms with Crippen molar-refractivity contribution < 1.29 is 19.7 Å². The summed E-state index contributed by atoms with van der Waals surface area (Å²) in [5.41, 5.74) is 0. The van der Waals surface area contributed by atoms with Gasteiger partial charge in [0.15, 0.2) is 6.29 Å². The van der Waals surface area contributed by atoms with Crippen molar-refractivity contribution in [1.82, 2.24) is 0 Å². The maximum atomic E-state index is 9.42. The van der Waals surface area contributed by atoms with Crippen molar-refractivity contribution in [1.29, 1.82) is 0 Å². The summed E-state index contributed by atoms with van der Waals surface area (Å²) in [5, 5.41) is 18.8. The van der Waals surface area contributed by atoms with Crippen LogP contribution in [0.15, 0.2) is 0 Å². The summed E-state index contributed by atoms with van der Waals surface area (Å²) in [7, 11) is 1.45. The molecule has 12 heavy (non-hydrogen) atoms. The number of methoxy groups -OCH3 is 1. The fraction of sp³-hybridized carbons (Fsp3) is 1.00. The van der Waals surface area contributed by atoms with Crippen LogP contribution in [0.1, 0.15) is 0 Å². The molecule has 1 heterocycles. The Morgan fingerprint density at radius 2 is 2.08 bits per heavy atom. The SMILES string of the molecule is CO[C@@H]1O[C@H](CSC)[C@@H](O)[C@H]1O. The maximum absolute atomic E-state index is 9.42. The Morgan fingerprint density at radius 1 is 1.42 bits per heavy atom. The van der Waals surface area contributed by atoms with Crippen LogP contribution < -0.4 is 0 Å². The zero-order valence-electron chi connectivity index (χ0n) is 7.14. The van der Waals surface area contributed by atoms with Crippen molar-refractivity contribution in [3.63, 3.8) is 0 Å². The largest absolute Gasteiger partial charge is 0.387 e. The Morgan fingerprint density at radius 3 is 2.50 bits per heavy atom. The van der Waals surface area contributed by atoms with Crippen LogP contribution in [0.2, 0.25) is 0 Å². The first kappa shape index (κ1) is 10.3. The van der Waals surface area contributed by atoms with Crippen molar-refractivity contribution in [3.8, 4) is 0 Å². The number of ether oxygens (including phenoxy) is 2. The van der Waals surface area contributed by atoms with E-state index in [-0.39, 0.29) is 6.10 Å². The van der Waals surface area contributed by atoms with Crippen LogP contribution in [0.3, 0.4) is 0 Å². The van der Waals surface area contributed by atoms with Crippen LogP contribution in [0.5, 0.6) is 0 Å². The summed E-state index contributed by atoms with van der Waals surface area (Å²) in [6.07, 6.45) is -0.838. The third-order valence-electron chi connectivity index (χ3n) is 1.88. The molecule has 0 unspecified atom stereocenters. The Hall–Kier alpha value is 0.190. The topological polar surface area (TPSA) is 58.9 Å².